The number of rotatable bonds is 3. The summed E-state index contributed by atoms with van der Waals surface area (Å²) < 4.78 is 27.5. The first-order chi connectivity index (χ1) is 7.92. The molecule has 1 aromatic carbocycles. The lowest BCUT2D eigenvalue weighted by Crippen LogP contribution is -2.45. The molecule has 0 aliphatic carbocycles. The average Bonchev–Trinajstić information content (AvgIpc) is 2.61. The molecule has 0 saturated carbocycles. The normalized spacial score (nSPS) is 15.4. The third kappa shape index (κ3) is 2.17. The van der Waals surface area contributed by atoms with E-state index in [9.17, 15) is 8.78 Å². The molecule has 17 heavy (non-hydrogen) atoms. The van der Waals surface area contributed by atoms with E-state index < -0.39 is 12.0 Å². The smallest absolute Gasteiger partial charge is 0.256 e. The third-order valence-electron chi connectivity index (χ3n) is 3.09. The van der Waals surface area contributed by atoms with E-state index in [0.717, 1.165) is 16.5 Å². The van der Waals surface area contributed by atoms with E-state index in [4.69, 9.17) is 5.73 Å². The quantitative estimate of drug-likeness (QED) is 0.875. The highest BCUT2D eigenvalue weighted by atomic mass is 19.3. The molecule has 0 amide bonds. The molecule has 0 radical (unpaired) electrons. The summed E-state index contributed by atoms with van der Waals surface area (Å²) in [5.41, 5.74) is 6.05. The van der Waals surface area contributed by atoms with Gasteiger partial charge in [-0.1, -0.05) is 12.1 Å². The largest absolute Gasteiger partial charge is 0.351 e. The number of hydrogen-bond donors (Lipinski definition) is 1. The molecule has 0 saturated heterocycles. The Morgan fingerprint density at radius 2 is 2.06 bits per heavy atom. The highest BCUT2D eigenvalue weighted by Crippen LogP contribution is 2.25. The molecule has 4 heteroatoms. The van der Waals surface area contributed by atoms with Gasteiger partial charge in [-0.3, -0.25) is 0 Å². The Kier molecular flexibility index (Phi) is 2.91. The van der Waals surface area contributed by atoms with Crippen LogP contribution in [0.5, 0.6) is 0 Å². The van der Waals surface area contributed by atoms with Gasteiger partial charge < -0.3 is 10.3 Å². The monoisotopic (exact) mass is 238 g/mol. The van der Waals surface area contributed by atoms with Crippen LogP contribution < -0.4 is 5.73 Å². The van der Waals surface area contributed by atoms with Gasteiger partial charge in [-0.05, 0) is 31.0 Å². The molecule has 0 bridgehead atoms. The van der Waals surface area contributed by atoms with Crippen LogP contribution in [-0.2, 0) is 13.5 Å². The maximum absolute atomic E-state index is 12.8. The Balaban J connectivity index is 2.43. The summed E-state index contributed by atoms with van der Waals surface area (Å²) in [5, 5.41) is 0.993. The van der Waals surface area contributed by atoms with Crippen molar-refractivity contribution in [1.82, 2.24) is 4.57 Å². The molecule has 2 rings (SSSR count). The molecule has 92 valence electrons. The van der Waals surface area contributed by atoms with E-state index in [1.54, 1.807) is 0 Å². The fourth-order valence-corrected chi connectivity index (χ4v) is 2.01. The van der Waals surface area contributed by atoms with Gasteiger partial charge in [0.05, 0.1) is 5.54 Å². The Hall–Kier alpha value is -1.42. The van der Waals surface area contributed by atoms with E-state index >= 15 is 0 Å². The van der Waals surface area contributed by atoms with Gasteiger partial charge in [0.25, 0.3) is 6.43 Å². The zero-order chi connectivity index (χ0) is 12.6. The maximum Gasteiger partial charge on any atom is 0.256 e. The molecule has 0 aliphatic rings. The van der Waals surface area contributed by atoms with Gasteiger partial charge in [0.2, 0.25) is 0 Å². The van der Waals surface area contributed by atoms with Crippen LogP contribution in [0.4, 0.5) is 8.78 Å². The number of halogens is 2. The number of nitrogens with zero attached hydrogens (tertiary/aromatic N) is 1. The van der Waals surface area contributed by atoms with Crippen molar-refractivity contribution in [3.8, 4) is 0 Å². The van der Waals surface area contributed by atoms with Crippen LogP contribution in [0.1, 0.15) is 12.5 Å². The molecule has 2 aromatic rings. The van der Waals surface area contributed by atoms with Gasteiger partial charge in [-0.2, -0.15) is 0 Å². The lowest BCUT2D eigenvalue weighted by molar-refractivity contribution is 0.0641. The van der Waals surface area contributed by atoms with Crippen LogP contribution in [-0.4, -0.2) is 16.5 Å². The van der Waals surface area contributed by atoms with Crippen molar-refractivity contribution in [2.75, 3.05) is 0 Å². The highest BCUT2D eigenvalue weighted by Gasteiger charge is 2.30. The molecule has 1 aromatic heterocycles. The summed E-state index contributed by atoms with van der Waals surface area (Å²) in [6.07, 6.45) is -0.433. The van der Waals surface area contributed by atoms with Crippen LogP contribution in [0.3, 0.4) is 0 Å². The van der Waals surface area contributed by atoms with Crippen LogP contribution in [0, 0.1) is 0 Å². The molecule has 2 N–H and O–H groups in total. The number of nitrogens with two attached hydrogens (primary N) is 1. The zero-order valence-electron chi connectivity index (χ0n) is 9.95. The number of aromatic nitrogens is 1. The number of hydrogen-bond acceptors (Lipinski definition) is 1. The molecule has 0 aliphatic heterocycles. The van der Waals surface area contributed by atoms with Crippen LogP contribution in [0.25, 0.3) is 10.9 Å². The summed E-state index contributed by atoms with van der Waals surface area (Å²) in [4.78, 5) is 0. The lowest BCUT2D eigenvalue weighted by Gasteiger charge is -2.23. The predicted molar refractivity (Wildman–Crippen MR) is 65.2 cm³/mol. The molecule has 1 heterocycles. The van der Waals surface area contributed by atoms with E-state index in [1.807, 2.05) is 42.1 Å². The first-order valence-corrected chi connectivity index (χ1v) is 5.52. The van der Waals surface area contributed by atoms with Crippen molar-refractivity contribution in [1.29, 1.82) is 0 Å². The minimum absolute atomic E-state index is 0.173. The van der Waals surface area contributed by atoms with Crippen molar-refractivity contribution in [2.45, 2.75) is 25.3 Å². The van der Waals surface area contributed by atoms with Crippen molar-refractivity contribution in [2.24, 2.45) is 12.8 Å². The Labute approximate surface area is 99.0 Å². The minimum atomic E-state index is -2.53. The predicted octanol–water partition coefficient (Wildman–Crippen LogP) is 2.70. The highest BCUT2D eigenvalue weighted by molar-refractivity contribution is 5.83. The van der Waals surface area contributed by atoms with Crippen LogP contribution >= 0.6 is 0 Å². The number of benzene rings is 1. The van der Waals surface area contributed by atoms with E-state index in [2.05, 4.69) is 0 Å². The summed E-state index contributed by atoms with van der Waals surface area (Å²) in [6.45, 7) is 1.39. The van der Waals surface area contributed by atoms with Gasteiger partial charge in [0.1, 0.15) is 0 Å². The second-order valence-corrected chi connectivity index (χ2v) is 4.76. The number of fused-ring (bicyclic) bond motifs is 1. The first kappa shape index (κ1) is 12.0. The van der Waals surface area contributed by atoms with Crippen LogP contribution in [0.2, 0.25) is 0 Å². The Morgan fingerprint density at radius 3 is 2.71 bits per heavy atom. The molecule has 2 nitrogen and oxygen atoms in total. The zero-order valence-corrected chi connectivity index (χ0v) is 9.95. The summed E-state index contributed by atoms with van der Waals surface area (Å²) in [6, 6.07) is 7.64. The SMILES string of the molecule is Cn1ccc2c(CC(C)(N)C(F)F)cccc21. The fourth-order valence-electron chi connectivity index (χ4n) is 2.01. The Morgan fingerprint density at radius 1 is 1.35 bits per heavy atom. The van der Waals surface area contributed by atoms with Crippen molar-refractivity contribution in [3.63, 3.8) is 0 Å². The second-order valence-electron chi connectivity index (χ2n) is 4.76. The molecule has 1 unspecified atom stereocenters. The summed E-state index contributed by atoms with van der Waals surface area (Å²) in [5.74, 6) is 0. The van der Waals surface area contributed by atoms with Gasteiger partial charge in [-0.25, -0.2) is 8.78 Å². The average molecular weight is 238 g/mol. The summed E-state index contributed by atoms with van der Waals surface area (Å²) in [7, 11) is 1.93. The summed E-state index contributed by atoms with van der Waals surface area (Å²) >= 11 is 0. The van der Waals surface area contributed by atoms with Crippen LogP contribution in [0.15, 0.2) is 30.5 Å². The molecule has 0 fully saturated rings. The van der Waals surface area contributed by atoms with E-state index in [0.29, 0.717) is 0 Å². The van der Waals surface area contributed by atoms with E-state index in [1.165, 1.54) is 6.92 Å². The molecule has 0 spiro atoms. The standard InChI is InChI=1S/C13H16F2N2/c1-13(16,12(14)15)8-9-4-3-5-11-10(9)6-7-17(11)2/h3-7,12H,8,16H2,1-2H3. The molecular formula is C13H16F2N2. The van der Waals surface area contributed by atoms with Crippen molar-refractivity contribution >= 4 is 10.9 Å². The second kappa shape index (κ2) is 4.11. The van der Waals surface area contributed by atoms with Gasteiger partial charge in [-0.15, -0.1) is 0 Å². The Bertz CT molecular complexity index is 529. The maximum atomic E-state index is 12.8. The van der Waals surface area contributed by atoms with Gasteiger partial charge in [0.15, 0.2) is 0 Å². The van der Waals surface area contributed by atoms with Crippen molar-refractivity contribution < 1.29 is 8.78 Å². The first-order valence-electron chi connectivity index (χ1n) is 5.52. The topological polar surface area (TPSA) is 30.9 Å². The van der Waals surface area contributed by atoms with Gasteiger partial charge in [0, 0.05) is 24.1 Å². The minimum Gasteiger partial charge on any atom is -0.351 e. The molecule has 1 atom stereocenters. The van der Waals surface area contributed by atoms with Crippen molar-refractivity contribution in [3.05, 3.63) is 36.0 Å². The molecular weight excluding hydrogens is 222 g/mol. The van der Waals surface area contributed by atoms with E-state index in [-0.39, 0.29) is 6.42 Å². The number of aryl methyl sites for hydroxylation is 1. The fraction of sp³-hybridized carbons (Fsp3) is 0.385. The number of alkyl halides is 2. The lowest BCUT2D eigenvalue weighted by atomic mass is 9.92. The van der Waals surface area contributed by atoms with Gasteiger partial charge >= 0.3 is 0 Å². The third-order valence-corrected chi connectivity index (χ3v) is 3.09.